The van der Waals surface area contributed by atoms with Gasteiger partial charge in [-0.15, -0.1) is 5.01 Å². The second-order valence-electron chi connectivity index (χ2n) is 11.3. The first-order chi connectivity index (χ1) is 23.1. The number of benzene rings is 3. The van der Waals surface area contributed by atoms with E-state index in [0.29, 0.717) is 5.56 Å². The molecule has 0 aliphatic rings. The highest BCUT2D eigenvalue weighted by atomic mass is 32.2. The van der Waals surface area contributed by atoms with E-state index in [1.165, 1.54) is 31.3 Å². The van der Waals surface area contributed by atoms with Gasteiger partial charge in [0.05, 0.1) is 33.9 Å². The molecule has 13 nitrogen and oxygen atoms in total. The molecular formula is C32H33F3N6O7S. The number of hydrogen-bond acceptors (Lipinski definition) is 9. The highest BCUT2D eigenvalue weighted by molar-refractivity contribution is 7.90. The van der Waals surface area contributed by atoms with Gasteiger partial charge in [-0.05, 0) is 61.7 Å². The van der Waals surface area contributed by atoms with Crippen molar-refractivity contribution in [2.45, 2.75) is 44.3 Å². The van der Waals surface area contributed by atoms with E-state index in [4.69, 9.17) is 9.57 Å². The molecule has 260 valence electrons. The van der Waals surface area contributed by atoms with Gasteiger partial charge in [0.15, 0.2) is 11.7 Å². The predicted molar refractivity (Wildman–Crippen MR) is 169 cm³/mol. The minimum atomic E-state index is -4.73. The van der Waals surface area contributed by atoms with E-state index in [2.05, 4.69) is 10.4 Å². The fraction of sp³-hybridized carbons (Fsp3) is 0.281. The number of aromatic nitrogens is 2. The fourth-order valence-corrected chi connectivity index (χ4v) is 5.55. The largest absolute Gasteiger partial charge is 0.569 e. The number of hydrazine groups is 1. The van der Waals surface area contributed by atoms with Crippen molar-refractivity contribution >= 4 is 21.9 Å². The van der Waals surface area contributed by atoms with Gasteiger partial charge in [-0.1, -0.05) is 61.9 Å². The van der Waals surface area contributed by atoms with Crippen LogP contribution in [-0.4, -0.2) is 59.9 Å². The molecule has 4 aromatic rings. The summed E-state index contributed by atoms with van der Waals surface area (Å²) in [5.41, 5.74) is 0.724. The van der Waals surface area contributed by atoms with Crippen LogP contribution in [0.2, 0.25) is 0 Å². The molecule has 0 radical (unpaired) electrons. The van der Waals surface area contributed by atoms with Gasteiger partial charge >= 0.3 is 12.1 Å². The van der Waals surface area contributed by atoms with Crippen LogP contribution in [0.5, 0.6) is 0 Å². The van der Waals surface area contributed by atoms with Crippen LogP contribution in [0.15, 0.2) is 95.1 Å². The minimum absolute atomic E-state index is 0.0245. The number of alkyl halides is 3. The first-order valence-corrected chi connectivity index (χ1v) is 16.2. The average molecular weight is 703 g/mol. The van der Waals surface area contributed by atoms with Gasteiger partial charge < -0.3 is 14.8 Å². The second-order valence-corrected chi connectivity index (χ2v) is 12.9. The van der Waals surface area contributed by atoms with Crippen molar-refractivity contribution in [1.82, 2.24) is 19.5 Å². The maximum atomic E-state index is 13.6. The predicted octanol–water partition coefficient (Wildman–Crippen LogP) is 5.64. The van der Waals surface area contributed by atoms with Crippen molar-refractivity contribution in [3.63, 3.8) is 0 Å². The summed E-state index contributed by atoms with van der Waals surface area (Å²) in [5, 5.41) is 20.4. The smallest absolute Gasteiger partial charge is 0.435 e. The molecule has 0 fully saturated rings. The van der Waals surface area contributed by atoms with Crippen LogP contribution in [0.4, 0.5) is 13.2 Å². The van der Waals surface area contributed by atoms with Crippen molar-refractivity contribution in [2.75, 3.05) is 13.8 Å². The number of sulfonamides is 1. The maximum absolute atomic E-state index is 13.6. The van der Waals surface area contributed by atoms with Crippen LogP contribution in [0.3, 0.4) is 0 Å². The lowest BCUT2D eigenvalue weighted by Gasteiger charge is -2.24. The first kappa shape index (κ1) is 36.4. The van der Waals surface area contributed by atoms with Crippen molar-refractivity contribution in [2.24, 2.45) is 11.2 Å². The summed E-state index contributed by atoms with van der Waals surface area (Å²) in [5.74, 6) is -1.96. The molecule has 17 heteroatoms. The maximum Gasteiger partial charge on any atom is 0.435 e. The fourth-order valence-electron chi connectivity index (χ4n) is 4.54. The van der Waals surface area contributed by atoms with E-state index >= 15 is 0 Å². The van der Waals surface area contributed by atoms with E-state index in [9.17, 15) is 36.4 Å². The molecule has 0 unspecified atom stereocenters. The Morgan fingerprint density at radius 2 is 1.67 bits per heavy atom. The molecule has 3 aromatic carbocycles. The lowest BCUT2D eigenvalue weighted by Crippen LogP contribution is -2.49. The Balaban J connectivity index is 1.49. The molecule has 1 N–H and O–H groups in total. The summed E-state index contributed by atoms with van der Waals surface area (Å²) in [6, 6.07) is 19.0. The number of halogens is 3. The van der Waals surface area contributed by atoms with Gasteiger partial charge in [-0.2, -0.15) is 18.3 Å². The summed E-state index contributed by atoms with van der Waals surface area (Å²) in [7, 11) is -3.33. The highest BCUT2D eigenvalue weighted by Crippen LogP contribution is 2.33. The van der Waals surface area contributed by atoms with Crippen LogP contribution >= 0.6 is 0 Å². The van der Waals surface area contributed by atoms with Crippen molar-refractivity contribution < 1.29 is 45.7 Å². The number of esters is 1. The zero-order valence-corrected chi connectivity index (χ0v) is 27.6. The number of carbonyl (C=O) groups excluding carboxylic acids is 2. The monoisotopic (exact) mass is 702 g/mol. The van der Waals surface area contributed by atoms with Crippen LogP contribution < -0.4 is 4.72 Å². The SMILES string of the molecule is Cc1ccc(-c2cc(C(F)(F)F)nn2-c2ccc(S(=O)(=O)NC(=O)[C@H](CC(C)C)N(C)/[N+]([O-])=N\OCOC(=O)c3ccccc3)cc2)cc1. The molecule has 0 aliphatic heterocycles. The van der Waals surface area contributed by atoms with E-state index in [0.717, 1.165) is 33.5 Å². The zero-order chi connectivity index (χ0) is 35.9. The summed E-state index contributed by atoms with van der Waals surface area (Å²) < 4.78 is 75.0. The molecule has 0 aliphatic carbocycles. The van der Waals surface area contributed by atoms with Gasteiger partial charge in [0.1, 0.15) is 0 Å². The molecule has 0 bridgehead atoms. The number of nitrogens with one attached hydrogen (secondary N) is 1. The molecule has 0 saturated carbocycles. The number of aryl methyl sites for hydroxylation is 1. The second kappa shape index (κ2) is 15.2. The Hall–Kier alpha value is -5.45. The third kappa shape index (κ3) is 9.34. The molecule has 1 atom stereocenters. The van der Waals surface area contributed by atoms with Crippen molar-refractivity contribution in [3.8, 4) is 16.9 Å². The number of likely N-dealkylation sites (N-methyl/N-ethyl adjacent to an activating group) is 1. The molecule has 49 heavy (non-hydrogen) atoms. The Bertz CT molecular complexity index is 1900. The number of ether oxygens (including phenoxy) is 1. The Morgan fingerprint density at radius 1 is 1.04 bits per heavy atom. The van der Waals surface area contributed by atoms with Crippen LogP contribution in [0.25, 0.3) is 16.9 Å². The minimum Gasteiger partial charge on any atom is -0.569 e. The van der Waals surface area contributed by atoms with Crippen LogP contribution in [-0.2, 0) is 30.6 Å². The highest BCUT2D eigenvalue weighted by Gasteiger charge is 2.36. The molecule has 0 spiro atoms. The molecule has 0 saturated heterocycles. The van der Waals surface area contributed by atoms with Crippen LogP contribution in [0, 0.1) is 18.0 Å². The number of nitrogens with zero attached hydrogens (tertiary/aromatic N) is 5. The number of hydrogen-bond donors (Lipinski definition) is 1. The molecule has 4 rings (SSSR count). The summed E-state index contributed by atoms with van der Waals surface area (Å²) >= 11 is 0. The molecule has 1 amide bonds. The summed E-state index contributed by atoms with van der Waals surface area (Å²) in [6.07, 6.45) is -4.71. The normalized spacial score (nSPS) is 12.8. The van der Waals surface area contributed by atoms with Gasteiger partial charge in [0.2, 0.25) is 5.28 Å². The number of rotatable bonds is 13. The Kier molecular flexibility index (Phi) is 11.3. The number of carbonyl (C=O) groups is 2. The standard InChI is InChI=1S/C32H33F3N6O7S/c1-21(2)18-28(39(4)41(44)38-48-20-47-31(43)24-8-6-5-7-9-24)30(42)37-49(45,46)26-16-14-25(15-17-26)40-27(19-29(36-40)32(33,34)35)23-12-10-22(3)11-13-23/h5-17,19,21,28H,18,20H2,1-4H3,(H,37,42)/b41-38+/t28-/m0/s1. The van der Waals surface area contributed by atoms with Crippen molar-refractivity contribution in [1.29, 1.82) is 0 Å². The molecular weight excluding hydrogens is 669 g/mol. The lowest BCUT2D eigenvalue weighted by molar-refractivity contribution is -0.711. The quantitative estimate of drug-likeness (QED) is 0.0465. The van der Waals surface area contributed by atoms with Crippen molar-refractivity contribution in [3.05, 3.63) is 107 Å². The Labute approximate surface area is 280 Å². The average Bonchev–Trinajstić information content (AvgIpc) is 3.52. The zero-order valence-electron chi connectivity index (χ0n) is 26.8. The van der Waals surface area contributed by atoms with Gasteiger partial charge in [-0.25, -0.2) is 22.6 Å². The first-order valence-electron chi connectivity index (χ1n) is 14.7. The van der Waals surface area contributed by atoms with Gasteiger partial charge in [-0.3, -0.25) is 4.79 Å². The van der Waals surface area contributed by atoms with Gasteiger partial charge in [0.25, 0.3) is 22.7 Å². The van der Waals surface area contributed by atoms with E-state index in [1.807, 2.05) is 11.6 Å². The third-order valence-electron chi connectivity index (χ3n) is 7.07. The van der Waals surface area contributed by atoms with Gasteiger partial charge in [0, 0.05) is 5.56 Å². The topological polar surface area (TPSA) is 158 Å². The van der Waals surface area contributed by atoms with E-state index < -0.39 is 46.6 Å². The molecule has 1 heterocycles. The number of amides is 1. The molecule has 1 aromatic heterocycles. The summed E-state index contributed by atoms with van der Waals surface area (Å²) in [6.45, 7) is 4.61. The summed E-state index contributed by atoms with van der Waals surface area (Å²) in [4.78, 5) is 29.5. The van der Waals surface area contributed by atoms with E-state index in [-0.39, 0.29) is 39.1 Å². The Morgan fingerprint density at radius 3 is 2.27 bits per heavy atom. The van der Waals surface area contributed by atoms with Crippen LogP contribution in [0.1, 0.15) is 41.9 Å². The van der Waals surface area contributed by atoms with E-state index in [1.54, 1.807) is 56.3 Å². The third-order valence-corrected chi connectivity index (χ3v) is 8.43. The lowest BCUT2D eigenvalue weighted by atomic mass is 10.0.